The highest BCUT2D eigenvalue weighted by Crippen LogP contribution is 2.24. The lowest BCUT2D eigenvalue weighted by Gasteiger charge is -2.12. The van der Waals surface area contributed by atoms with Gasteiger partial charge in [0.05, 0.1) is 22.0 Å². The van der Waals surface area contributed by atoms with Gasteiger partial charge in [-0.2, -0.15) is 0 Å². The Balaban J connectivity index is 2.10. The molecule has 8 nitrogen and oxygen atoms in total. The van der Waals surface area contributed by atoms with E-state index in [2.05, 4.69) is 0 Å². The van der Waals surface area contributed by atoms with Gasteiger partial charge in [-0.05, 0) is 5.56 Å². The summed E-state index contributed by atoms with van der Waals surface area (Å²) in [4.78, 5) is 19.9. The molecule has 1 atom stereocenters. The molecule has 0 radical (unpaired) electrons. The van der Waals surface area contributed by atoms with E-state index in [9.17, 15) is 29.7 Å². The Kier molecular flexibility index (Phi) is 4.82. The van der Waals surface area contributed by atoms with Crippen molar-refractivity contribution in [1.29, 1.82) is 0 Å². The smallest absolute Gasteiger partial charge is 0.276 e. The summed E-state index contributed by atoms with van der Waals surface area (Å²) in [5.74, 6) is -0.972. The molecule has 0 fully saturated rings. The van der Waals surface area contributed by atoms with Gasteiger partial charge in [0.2, 0.25) is 0 Å². The van der Waals surface area contributed by atoms with Crippen LogP contribution in [-0.4, -0.2) is 21.6 Å². The highest BCUT2D eigenvalue weighted by molar-refractivity contribution is 5.39. The van der Waals surface area contributed by atoms with E-state index in [-0.39, 0.29) is 23.6 Å². The van der Waals surface area contributed by atoms with E-state index in [1.807, 2.05) is 0 Å². The molecule has 0 aliphatic carbocycles. The predicted octanol–water partition coefficient (Wildman–Crippen LogP) is 2.75. The molecule has 9 heteroatoms. The van der Waals surface area contributed by atoms with Crippen molar-refractivity contribution in [3.63, 3.8) is 0 Å². The number of hydrogen-bond acceptors (Lipinski definition) is 6. The number of aliphatic hydroxyl groups excluding tert-OH is 1. The summed E-state index contributed by atoms with van der Waals surface area (Å²) < 4.78 is 18.4. The summed E-state index contributed by atoms with van der Waals surface area (Å²) in [6.07, 6.45) is -1.21. The van der Waals surface area contributed by atoms with Crippen molar-refractivity contribution in [3.8, 4) is 5.75 Å². The number of hydrogen-bond donors (Lipinski definition) is 1. The fourth-order valence-electron chi connectivity index (χ4n) is 1.85. The summed E-state index contributed by atoms with van der Waals surface area (Å²) in [5, 5.41) is 31.3. The van der Waals surface area contributed by atoms with Gasteiger partial charge in [0.1, 0.15) is 24.3 Å². The summed E-state index contributed by atoms with van der Waals surface area (Å²) in [5.41, 5.74) is -0.433. The number of ether oxygens (including phenoxy) is 1. The number of aliphatic hydroxyl groups is 1. The molecule has 1 N–H and O–H groups in total. The molecule has 0 amide bonds. The van der Waals surface area contributed by atoms with Crippen LogP contribution in [-0.2, 0) is 0 Å². The molecule has 0 spiro atoms. The van der Waals surface area contributed by atoms with Gasteiger partial charge in [-0.25, -0.2) is 4.39 Å². The Morgan fingerprint density at radius 2 is 1.78 bits per heavy atom. The van der Waals surface area contributed by atoms with Crippen molar-refractivity contribution in [2.24, 2.45) is 0 Å². The maximum Gasteiger partial charge on any atom is 0.276 e. The highest BCUT2D eigenvalue weighted by Gasteiger charge is 2.15. The summed E-state index contributed by atoms with van der Waals surface area (Å²) >= 11 is 0. The molecule has 120 valence electrons. The fourth-order valence-corrected chi connectivity index (χ4v) is 1.85. The Morgan fingerprint density at radius 3 is 2.43 bits per heavy atom. The minimum Gasteiger partial charge on any atom is -0.490 e. The average Bonchev–Trinajstić information content (AvgIpc) is 2.52. The second-order valence-corrected chi connectivity index (χ2v) is 4.58. The zero-order chi connectivity index (χ0) is 17.0. The molecule has 0 heterocycles. The SMILES string of the molecule is O=[N+]([O-])c1cc(F)cc(OCC(O)c2cccc([N+](=O)[O-])c2)c1. The van der Waals surface area contributed by atoms with Crippen LogP contribution in [0.2, 0.25) is 0 Å². The maximum atomic E-state index is 13.3. The van der Waals surface area contributed by atoms with E-state index in [1.54, 1.807) is 0 Å². The fraction of sp³-hybridized carbons (Fsp3) is 0.143. The molecular formula is C14H11FN2O6. The second-order valence-electron chi connectivity index (χ2n) is 4.58. The number of nitro benzene ring substituents is 2. The molecular weight excluding hydrogens is 311 g/mol. The number of non-ortho nitro benzene ring substituents is 2. The molecule has 0 aliphatic rings. The van der Waals surface area contributed by atoms with Crippen molar-refractivity contribution < 1.29 is 24.1 Å². The van der Waals surface area contributed by atoms with Crippen molar-refractivity contribution in [2.45, 2.75) is 6.10 Å². The third-order valence-electron chi connectivity index (χ3n) is 2.94. The molecule has 0 aromatic heterocycles. The third-order valence-corrected chi connectivity index (χ3v) is 2.94. The summed E-state index contributed by atoms with van der Waals surface area (Å²) in [7, 11) is 0. The lowest BCUT2D eigenvalue weighted by Crippen LogP contribution is -2.10. The largest absolute Gasteiger partial charge is 0.490 e. The Labute approximate surface area is 129 Å². The molecule has 0 saturated heterocycles. The van der Waals surface area contributed by atoms with Gasteiger partial charge >= 0.3 is 0 Å². The first kappa shape index (κ1) is 16.3. The van der Waals surface area contributed by atoms with Crippen molar-refractivity contribution >= 4 is 11.4 Å². The Hall–Kier alpha value is -3.07. The molecule has 2 aromatic carbocycles. The maximum absolute atomic E-state index is 13.3. The van der Waals surface area contributed by atoms with E-state index in [4.69, 9.17) is 4.74 Å². The normalized spacial score (nSPS) is 11.7. The summed E-state index contributed by atoms with van der Waals surface area (Å²) in [6, 6.07) is 8.02. The lowest BCUT2D eigenvalue weighted by molar-refractivity contribution is -0.385. The number of nitro groups is 2. The van der Waals surface area contributed by atoms with Crippen LogP contribution < -0.4 is 4.74 Å². The van der Waals surface area contributed by atoms with Crippen LogP contribution in [0.4, 0.5) is 15.8 Å². The molecule has 2 aromatic rings. The Morgan fingerprint density at radius 1 is 1.09 bits per heavy atom. The van der Waals surface area contributed by atoms with Gasteiger partial charge in [0, 0.05) is 18.2 Å². The van der Waals surface area contributed by atoms with Crippen molar-refractivity contribution in [1.82, 2.24) is 0 Å². The van der Waals surface area contributed by atoms with Crippen LogP contribution in [0.5, 0.6) is 5.75 Å². The van der Waals surface area contributed by atoms with E-state index < -0.39 is 27.5 Å². The molecule has 1 unspecified atom stereocenters. The first-order valence-electron chi connectivity index (χ1n) is 6.37. The van der Waals surface area contributed by atoms with Crippen LogP contribution in [0.25, 0.3) is 0 Å². The first-order chi connectivity index (χ1) is 10.9. The van der Waals surface area contributed by atoms with Gasteiger partial charge < -0.3 is 9.84 Å². The monoisotopic (exact) mass is 322 g/mol. The van der Waals surface area contributed by atoms with Gasteiger partial charge in [-0.1, -0.05) is 12.1 Å². The quantitative estimate of drug-likeness (QED) is 0.645. The highest BCUT2D eigenvalue weighted by atomic mass is 19.1. The number of benzene rings is 2. The van der Waals surface area contributed by atoms with Crippen molar-refractivity contribution in [2.75, 3.05) is 6.61 Å². The summed E-state index contributed by atoms with van der Waals surface area (Å²) in [6.45, 7) is -0.345. The standard InChI is InChI=1S/C14H11FN2O6/c15-10-5-12(17(21)22)7-13(6-10)23-8-14(18)9-2-1-3-11(4-9)16(19)20/h1-7,14,18H,8H2. The van der Waals surface area contributed by atoms with Gasteiger partial charge in [0.25, 0.3) is 11.4 Å². The van der Waals surface area contributed by atoms with Gasteiger partial charge in [-0.3, -0.25) is 20.2 Å². The van der Waals surface area contributed by atoms with Gasteiger partial charge in [-0.15, -0.1) is 0 Å². The topological polar surface area (TPSA) is 116 Å². The Bertz CT molecular complexity index is 752. The molecule has 2 rings (SSSR count). The van der Waals surface area contributed by atoms with E-state index >= 15 is 0 Å². The van der Waals surface area contributed by atoms with Crippen molar-refractivity contribution in [3.05, 3.63) is 74.1 Å². The van der Waals surface area contributed by atoms with Crippen LogP contribution in [0, 0.1) is 26.0 Å². The zero-order valence-corrected chi connectivity index (χ0v) is 11.6. The molecule has 23 heavy (non-hydrogen) atoms. The number of rotatable bonds is 6. The van der Waals surface area contributed by atoms with Crippen LogP contribution in [0.15, 0.2) is 42.5 Å². The first-order valence-corrected chi connectivity index (χ1v) is 6.37. The third kappa shape index (κ3) is 4.20. The van der Waals surface area contributed by atoms with Crippen LogP contribution in [0.1, 0.15) is 11.7 Å². The van der Waals surface area contributed by atoms with Gasteiger partial charge in [0.15, 0.2) is 0 Å². The van der Waals surface area contributed by atoms with E-state index in [0.29, 0.717) is 0 Å². The van der Waals surface area contributed by atoms with E-state index in [1.165, 1.54) is 24.3 Å². The second kappa shape index (κ2) is 6.79. The zero-order valence-electron chi connectivity index (χ0n) is 11.6. The lowest BCUT2D eigenvalue weighted by atomic mass is 10.1. The van der Waals surface area contributed by atoms with E-state index in [0.717, 1.165) is 18.2 Å². The molecule has 0 saturated carbocycles. The minimum absolute atomic E-state index is 0.124. The molecule has 0 bridgehead atoms. The number of halogens is 1. The van der Waals surface area contributed by atoms with Crippen LogP contribution in [0.3, 0.4) is 0 Å². The molecule has 0 aliphatic heterocycles. The van der Waals surface area contributed by atoms with Crippen LogP contribution >= 0.6 is 0 Å². The number of nitrogens with zero attached hydrogens (tertiary/aromatic N) is 2. The average molecular weight is 322 g/mol. The minimum atomic E-state index is -1.21. The predicted molar refractivity (Wildman–Crippen MR) is 76.6 cm³/mol.